The fourth-order valence-corrected chi connectivity index (χ4v) is 0.719. The SMILES string of the molecule is Oc1cc(F)cc(OC(F)F)c1. The van der Waals surface area contributed by atoms with E-state index in [-0.39, 0.29) is 0 Å². The number of hydrogen-bond acceptors (Lipinski definition) is 2. The van der Waals surface area contributed by atoms with Crippen molar-refractivity contribution in [2.45, 2.75) is 6.61 Å². The zero-order valence-electron chi connectivity index (χ0n) is 5.80. The zero-order chi connectivity index (χ0) is 9.14. The van der Waals surface area contributed by atoms with Crippen LogP contribution < -0.4 is 4.74 Å². The fraction of sp³-hybridized carbons (Fsp3) is 0.143. The number of rotatable bonds is 2. The van der Waals surface area contributed by atoms with E-state index < -0.39 is 23.9 Å². The summed E-state index contributed by atoms with van der Waals surface area (Å²) in [5.41, 5.74) is 0. The number of ether oxygens (including phenoxy) is 1. The third kappa shape index (κ3) is 2.34. The van der Waals surface area contributed by atoms with E-state index in [0.717, 1.165) is 18.2 Å². The van der Waals surface area contributed by atoms with Crippen LogP contribution in [0.3, 0.4) is 0 Å². The molecule has 0 radical (unpaired) electrons. The van der Waals surface area contributed by atoms with Crippen molar-refractivity contribution in [3.8, 4) is 11.5 Å². The molecule has 1 rings (SSSR count). The molecule has 0 aliphatic rings. The number of phenolic OH excluding ortho intramolecular Hbond substituents is 1. The van der Waals surface area contributed by atoms with Gasteiger partial charge in [-0.25, -0.2) is 4.39 Å². The molecule has 0 spiro atoms. The van der Waals surface area contributed by atoms with Crippen LogP contribution in [0.25, 0.3) is 0 Å². The normalized spacial score (nSPS) is 10.3. The maximum Gasteiger partial charge on any atom is 0.387 e. The number of benzene rings is 1. The van der Waals surface area contributed by atoms with Crippen LogP contribution in [0.5, 0.6) is 11.5 Å². The lowest BCUT2D eigenvalue weighted by Gasteiger charge is -2.03. The highest BCUT2D eigenvalue weighted by Gasteiger charge is 2.06. The lowest BCUT2D eigenvalue weighted by molar-refractivity contribution is -0.0500. The largest absolute Gasteiger partial charge is 0.508 e. The molecule has 0 saturated heterocycles. The second kappa shape index (κ2) is 3.34. The minimum atomic E-state index is -3.02. The molecule has 1 aromatic rings. The number of aromatic hydroxyl groups is 1. The van der Waals surface area contributed by atoms with Crippen LogP contribution in [0.2, 0.25) is 0 Å². The molecule has 0 bridgehead atoms. The molecule has 0 aromatic heterocycles. The molecule has 2 nitrogen and oxygen atoms in total. The molecule has 0 amide bonds. The van der Waals surface area contributed by atoms with Gasteiger partial charge in [0.25, 0.3) is 0 Å². The van der Waals surface area contributed by atoms with Gasteiger partial charge in [-0.05, 0) is 0 Å². The molecular formula is C7H5F3O2. The average Bonchev–Trinajstić information content (AvgIpc) is 1.81. The molecule has 0 fully saturated rings. The van der Waals surface area contributed by atoms with Gasteiger partial charge in [0.1, 0.15) is 17.3 Å². The summed E-state index contributed by atoms with van der Waals surface area (Å²) in [6.45, 7) is -3.02. The number of halogens is 3. The Morgan fingerprint density at radius 2 is 1.92 bits per heavy atom. The molecule has 66 valence electrons. The Morgan fingerprint density at radius 3 is 2.42 bits per heavy atom. The summed E-state index contributed by atoms with van der Waals surface area (Å²) in [7, 11) is 0. The van der Waals surface area contributed by atoms with Crippen LogP contribution >= 0.6 is 0 Å². The van der Waals surface area contributed by atoms with Crippen molar-refractivity contribution in [2.24, 2.45) is 0 Å². The van der Waals surface area contributed by atoms with Gasteiger partial charge >= 0.3 is 6.61 Å². The Kier molecular flexibility index (Phi) is 2.42. The second-order valence-electron chi connectivity index (χ2n) is 2.02. The van der Waals surface area contributed by atoms with Crippen molar-refractivity contribution in [1.82, 2.24) is 0 Å². The number of hydrogen-bond donors (Lipinski definition) is 1. The van der Waals surface area contributed by atoms with Crippen LogP contribution in [0.4, 0.5) is 13.2 Å². The van der Waals surface area contributed by atoms with Crippen molar-refractivity contribution in [3.05, 3.63) is 24.0 Å². The van der Waals surface area contributed by atoms with Crippen LogP contribution in [-0.4, -0.2) is 11.7 Å². The van der Waals surface area contributed by atoms with Crippen molar-refractivity contribution in [2.75, 3.05) is 0 Å². The van der Waals surface area contributed by atoms with Gasteiger partial charge in [-0.3, -0.25) is 0 Å². The highest BCUT2D eigenvalue weighted by atomic mass is 19.3. The van der Waals surface area contributed by atoms with E-state index in [1.807, 2.05) is 0 Å². The first kappa shape index (κ1) is 8.70. The third-order valence-corrected chi connectivity index (χ3v) is 1.08. The van der Waals surface area contributed by atoms with Crippen molar-refractivity contribution in [1.29, 1.82) is 0 Å². The van der Waals surface area contributed by atoms with E-state index >= 15 is 0 Å². The van der Waals surface area contributed by atoms with Crippen molar-refractivity contribution < 1.29 is 23.0 Å². The Balaban J connectivity index is 2.85. The van der Waals surface area contributed by atoms with Gasteiger partial charge in [0.15, 0.2) is 0 Å². The highest BCUT2D eigenvalue weighted by Crippen LogP contribution is 2.21. The lowest BCUT2D eigenvalue weighted by Crippen LogP contribution is -2.01. The zero-order valence-corrected chi connectivity index (χ0v) is 5.80. The minimum absolute atomic E-state index is 0.400. The predicted octanol–water partition coefficient (Wildman–Crippen LogP) is 2.13. The summed E-state index contributed by atoms with van der Waals surface area (Å²) in [5.74, 6) is -1.68. The van der Waals surface area contributed by atoms with Crippen molar-refractivity contribution >= 4 is 0 Å². The average molecular weight is 178 g/mol. The van der Waals surface area contributed by atoms with E-state index in [1.54, 1.807) is 0 Å². The topological polar surface area (TPSA) is 29.5 Å². The van der Waals surface area contributed by atoms with Crippen LogP contribution in [0.15, 0.2) is 18.2 Å². The molecule has 0 unspecified atom stereocenters. The first-order chi connectivity index (χ1) is 5.58. The van der Waals surface area contributed by atoms with E-state index in [0.29, 0.717) is 0 Å². The molecular weight excluding hydrogens is 173 g/mol. The van der Waals surface area contributed by atoms with Gasteiger partial charge in [-0.1, -0.05) is 0 Å². The summed E-state index contributed by atoms with van der Waals surface area (Å²) < 4.78 is 39.4. The van der Waals surface area contributed by atoms with Gasteiger partial charge in [0.05, 0.1) is 0 Å². The van der Waals surface area contributed by atoms with Crippen molar-refractivity contribution in [3.63, 3.8) is 0 Å². The van der Waals surface area contributed by atoms with E-state index in [9.17, 15) is 13.2 Å². The molecule has 5 heteroatoms. The molecule has 12 heavy (non-hydrogen) atoms. The molecule has 0 heterocycles. The molecule has 0 aliphatic heterocycles. The third-order valence-electron chi connectivity index (χ3n) is 1.08. The van der Waals surface area contributed by atoms with E-state index in [1.165, 1.54) is 0 Å². The Bertz CT molecular complexity index is 255. The summed E-state index contributed by atoms with van der Waals surface area (Å²) in [4.78, 5) is 0. The van der Waals surface area contributed by atoms with Crippen LogP contribution in [0, 0.1) is 5.82 Å². The first-order valence-electron chi connectivity index (χ1n) is 3.02. The quantitative estimate of drug-likeness (QED) is 0.751. The number of phenols is 1. The Hall–Kier alpha value is -1.39. The van der Waals surface area contributed by atoms with Crippen LogP contribution in [-0.2, 0) is 0 Å². The smallest absolute Gasteiger partial charge is 0.387 e. The molecule has 0 atom stereocenters. The van der Waals surface area contributed by atoms with Gasteiger partial charge < -0.3 is 9.84 Å². The molecule has 1 aromatic carbocycles. The summed E-state index contributed by atoms with van der Waals surface area (Å²) >= 11 is 0. The monoisotopic (exact) mass is 178 g/mol. The summed E-state index contributed by atoms with van der Waals surface area (Å²) in [5, 5.41) is 8.74. The number of alkyl halides is 2. The lowest BCUT2D eigenvalue weighted by atomic mass is 10.3. The van der Waals surface area contributed by atoms with E-state index in [2.05, 4.69) is 4.74 Å². The van der Waals surface area contributed by atoms with E-state index in [4.69, 9.17) is 5.11 Å². The standard InChI is InChI=1S/C7H5F3O2/c8-4-1-5(11)3-6(2-4)12-7(9)10/h1-3,7,11H. The predicted molar refractivity (Wildman–Crippen MR) is 34.7 cm³/mol. The van der Waals surface area contributed by atoms with Gasteiger partial charge in [-0.2, -0.15) is 8.78 Å². The second-order valence-corrected chi connectivity index (χ2v) is 2.02. The molecule has 0 aliphatic carbocycles. The summed E-state index contributed by atoms with van der Waals surface area (Å²) in [6, 6.07) is 2.44. The minimum Gasteiger partial charge on any atom is -0.508 e. The Labute approximate surface area is 66.2 Å². The first-order valence-corrected chi connectivity index (χ1v) is 3.02. The fourth-order valence-electron chi connectivity index (χ4n) is 0.719. The van der Waals surface area contributed by atoms with Gasteiger partial charge in [0.2, 0.25) is 0 Å². The van der Waals surface area contributed by atoms with Crippen LogP contribution in [0.1, 0.15) is 0 Å². The highest BCUT2D eigenvalue weighted by molar-refractivity contribution is 5.32. The summed E-state index contributed by atoms with van der Waals surface area (Å²) in [6.07, 6.45) is 0. The van der Waals surface area contributed by atoms with Gasteiger partial charge in [0, 0.05) is 18.2 Å². The maximum atomic E-state index is 12.4. The molecule has 0 saturated carbocycles. The Morgan fingerprint density at radius 1 is 1.25 bits per heavy atom. The van der Waals surface area contributed by atoms with Gasteiger partial charge in [-0.15, -0.1) is 0 Å². The maximum absolute atomic E-state index is 12.4. The molecule has 1 N–H and O–H groups in total.